The van der Waals surface area contributed by atoms with Crippen LogP contribution in [0, 0.1) is 5.92 Å². The van der Waals surface area contributed by atoms with Gasteiger partial charge in [0.1, 0.15) is 0 Å². The van der Waals surface area contributed by atoms with Gasteiger partial charge >= 0.3 is 5.97 Å². The average molecular weight is 366 g/mol. The molecular weight excluding hydrogens is 344 g/mol. The summed E-state index contributed by atoms with van der Waals surface area (Å²) in [7, 11) is 3.06. The lowest BCUT2D eigenvalue weighted by molar-refractivity contribution is -0.140. The number of nitrogens with one attached hydrogen (secondary N) is 1. The normalized spacial score (nSPS) is 19.5. The molecule has 6 nitrogen and oxygen atoms in total. The molecule has 27 heavy (non-hydrogen) atoms. The first-order valence-electron chi connectivity index (χ1n) is 8.81. The van der Waals surface area contributed by atoms with Crippen molar-refractivity contribution in [3.8, 4) is 0 Å². The second-order valence-corrected chi connectivity index (χ2v) is 6.56. The maximum atomic E-state index is 12.9. The zero-order valence-electron chi connectivity index (χ0n) is 15.3. The highest BCUT2D eigenvalue weighted by Crippen LogP contribution is 2.36. The van der Waals surface area contributed by atoms with Crippen LogP contribution in [-0.4, -0.2) is 36.8 Å². The van der Waals surface area contributed by atoms with Gasteiger partial charge in [0.05, 0.1) is 24.6 Å². The summed E-state index contributed by atoms with van der Waals surface area (Å²) < 4.78 is 4.67. The lowest BCUT2D eigenvalue weighted by atomic mass is 9.84. The highest BCUT2D eigenvalue weighted by molar-refractivity contribution is 5.95. The number of ether oxygens (including phenoxy) is 1. The van der Waals surface area contributed by atoms with E-state index in [-0.39, 0.29) is 23.8 Å². The Balaban J connectivity index is 1.79. The molecular formula is C21H22N2O4. The number of methoxy groups -OCH3 is 1. The summed E-state index contributed by atoms with van der Waals surface area (Å²) in [6.07, 6.45) is 0.841. The molecule has 0 aliphatic carbocycles. The minimum atomic E-state index is -0.426. The summed E-state index contributed by atoms with van der Waals surface area (Å²) in [5.41, 5.74) is 1.95. The number of carbonyl (C=O) groups is 3. The third-order valence-electron chi connectivity index (χ3n) is 4.91. The molecule has 1 fully saturated rings. The molecule has 0 aromatic heterocycles. The van der Waals surface area contributed by atoms with Crippen molar-refractivity contribution in [1.82, 2.24) is 4.90 Å². The molecule has 2 atom stereocenters. The Hall–Kier alpha value is -3.15. The number of esters is 1. The first kappa shape index (κ1) is 18.6. The zero-order valence-corrected chi connectivity index (χ0v) is 15.3. The molecule has 0 bridgehead atoms. The van der Waals surface area contributed by atoms with Gasteiger partial charge in [-0.1, -0.05) is 30.3 Å². The Labute approximate surface area is 158 Å². The fourth-order valence-electron chi connectivity index (χ4n) is 3.46. The number of nitrogens with zero attached hydrogens (tertiary/aromatic N) is 1. The largest absolute Gasteiger partial charge is 0.465 e. The summed E-state index contributed by atoms with van der Waals surface area (Å²) >= 11 is 0. The minimum Gasteiger partial charge on any atom is -0.465 e. The average Bonchev–Trinajstić information content (AvgIpc) is 2.70. The van der Waals surface area contributed by atoms with Crippen molar-refractivity contribution in [2.45, 2.75) is 18.9 Å². The van der Waals surface area contributed by atoms with Gasteiger partial charge in [-0.05, 0) is 36.2 Å². The van der Waals surface area contributed by atoms with Crippen LogP contribution in [-0.2, 0) is 14.3 Å². The molecule has 0 spiro atoms. The van der Waals surface area contributed by atoms with E-state index in [1.54, 1.807) is 36.2 Å². The van der Waals surface area contributed by atoms with Crippen molar-refractivity contribution in [2.24, 2.45) is 5.92 Å². The molecule has 1 saturated heterocycles. The molecule has 1 aliphatic rings. The maximum Gasteiger partial charge on any atom is 0.337 e. The van der Waals surface area contributed by atoms with E-state index in [2.05, 4.69) is 10.1 Å². The van der Waals surface area contributed by atoms with Crippen molar-refractivity contribution in [1.29, 1.82) is 0 Å². The minimum absolute atomic E-state index is 0.0373. The summed E-state index contributed by atoms with van der Waals surface area (Å²) in [5, 5.41) is 2.90. The van der Waals surface area contributed by atoms with E-state index in [4.69, 9.17) is 0 Å². The predicted molar refractivity (Wildman–Crippen MR) is 101 cm³/mol. The van der Waals surface area contributed by atoms with Gasteiger partial charge in [-0.25, -0.2) is 4.79 Å². The summed E-state index contributed by atoms with van der Waals surface area (Å²) in [6.45, 7) is 0. The van der Waals surface area contributed by atoms with Gasteiger partial charge in [0.25, 0.3) is 0 Å². The van der Waals surface area contributed by atoms with Crippen LogP contribution in [0.15, 0.2) is 54.6 Å². The Morgan fingerprint density at radius 2 is 1.74 bits per heavy atom. The zero-order chi connectivity index (χ0) is 19.4. The van der Waals surface area contributed by atoms with E-state index in [9.17, 15) is 14.4 Å². The number of carbonyl (C=O) groups excluding carboxylic acids is 3. The van der Waals surface area contributed by atoms with Gasteiger partial charge in [0, 0.05) is 19.2 Å². The van der Waals surface area contributed by atoms with Gasteiger partial charge in [0.2, 0.25) is 11.8 Å². The summed E-state index contributed by atoms with van der Waals surface area (Å²) in [5.74, 6) is -0.885. The molecule has 2 amide bonds. The van der Waals surface area contributed by atoms with Gasteiger partial charge in [-0.2, -0.15) is 0 Å². The van der Waals surface area contributed by atoms with Crippen LogP contribution in [0.1, 0.15) is 34.8 Å². The van der Waals surface area contributed by atoms with Crippen LogP contribution in [0.5, 0.6) is 0 Å². The van der Waals surface area contributed by atoms with Crippen LogP contribution >= 0.6 is 0 Å². The molecule has 1 heterocycles. The topological polar surface area (TPSA) is 75.7 Å². The number of likely N-dealkylation sites (tertiary alicyclic amines) is 1. The third kappa shape index (κ3) is 4.00. The molecule has 0 unspecified atom stereocenters. The number of anilines is 1. The molecule has 1 aliphatic heterocycles. The molecule has 2 aromatic carbocycles. The molecule has 0 radical (unpaired) electrons. The van der Waals surface area contributed by atoms with Crippen LogP contribution in [0.25, 0.3) is 0 Å². The summed E-state index contributed by atoms with van der Waals surface area (Å²) in [4.78, 5) is 38.3. The number of benzene rings is 2. The predicted octanol–water partition coefficient (Wildman–Crippen LogP) is 3.02. The molecule has 6 heteroatoms. The number of amides is 2. The van der Waals surface area contributed by atoms with Crippen LogP contribution in [0.4, 0.5) is 5.69 Å². The van der Waals surface area contributed by atoms with Crippen molar-refractivity contribution >= 4 is 23.5 Å². The lowest BCUT2D eigenvalue weighted by Gasteiger charge is -2.38. The molecule has 1 N–H and O–H groups in total. The van der Waals surface area contributed by atoms with Crippen molar-refractivity contribution in [3.05, 3.63) is 65.7 Å². The highest BCUT2D eigenvalue weighted by Gasteiger charge is 2.38. The van der Waals surface area contributed by atoms with Gasteiger partial charge in [-0.3, -0.25) is 9.59 Å². The second kappa shape index (κ2) is 8.03. The number of rotatable bonds is 4. The first-order chi connectivity index (χ1) is 13.0. The van der Waals surface area contributed by atoms with Crippen molar-refractivity contribution < 1.29 is 19.1 Å². The maximum absolute atomic E-state index is 12.9. The SMILES string of the molecule is COC(=O)c1ccc(NC(=O)[C@@H]2CCC(=O)N(C)[C@@H]2c2ccccc2)cc1. The number of piperidine rings is 1. The van der Waals surface area contributed by atoms with Gasteiger partial charge in [0.15, 0.2) is 0 Å². The van der Waals surface area contributed by atoms with E-state index in [1.165, 1.54) is 7.11 Å². The Bertz CT molecular complexity index is 833. The highest BCUT2D eigenvalue weighted by atomic mass is 16.5. The molecule has 3 rings (SSSR count). The molecule has 0 saturated carbocycles. The smallest absolute Gasteiger partial charge is 0.337 e. The number of hydrogen-bond acceptors (Lipinski definition) is 4. The Morgan fingerprint density at radius 1 is 1.07 bits per heavy atom. The fourth-order valence-corrected chi connectivity index (χ4v) is 3.46. The lowest BCUT2D eigenvalue weighted by Crippen LogP contribution is -2.44. The number of hydrogen-bond donors (Lipinski definition) is 1. The van der Waals surface area contributed by atoms with Crippen molar-refractivity contribution in [3.63, 3.8) is 0 Å². The van der Waals surface area contributed by atoms with Crippen LogP contribution in [0.3, 0.4) is 0 Å². The van der Waals surface area contributed by atoms with Crippen molar-refractivity contribution in [2.75, 3.05) is 19.5 Å². The van der Waals surface area contributed by atoms with E-state index >= 15 is 0 Å². The summed E-state index contributed by atoms with van der Waals surface area (Å²) in [6, 6.07) is 15.8. The third-order valence-corrected chi connectivity index (χ3v) is 4.91. The van der Waals surface area contributed by atoms with E-state index in [1.807, 2.05) is 30.3 Å². The first-order valence-corrected chi connectivity index (χ1v) is 8.81. The van der Waals surface area contributed by atoms with Crippen LogP contribution in [0.2, 0.25) is 0 Å². The second-order valence-electron chi connectivity index (χ2n) is 6.56. The standard InChI is InChI=1S/C21H22N2O4/c1-23-18(24)13-12-17(19(23)14-6-4-3-5-7-14)20(25)22-16-10-8-15(9-11-16)21(26)27-2/h3-11,17,19H,12-13H2,1-2H3,(H,22,25)/t17-,19-/m1/s1. The Morgan fingerprint density at radius 3 is 2.37 bits per heavy atom. The molecule has 140 valence electrons. The van der Waals surface area contributed by atoms with Crippen LogP contribution < -0.4 is 5.32 Å². The quantitative estimate of drug-likeness (QED) is 0.844. The fraction of sp³-hybridized carbons (Fsp3) is 0.286. The monoisotopic (exact) mass is 366 g/mol. The molecule has 2 aromatic rings. The van der Waals surface area contributed by atoms with Gasteiger partial charge < -0.3 is 15.0 Å². The van der Waals surface area contributed by atoms with Gasteiger partial charge in [-0.15, -0.1) is 0 Å². The van der Waals surface area contributed by atoms with E-state index in [0.717, 1.165) is 5.56 Å². The van der Waals surface area contributed by atoms with E-state index < -0.39 is 5.97 Å². The van der Waals surface area contributed by atoms with E-state index in [0.29, 0.717) is 24.1 Å². The Kier molecular flexibility index (Phi) is 5.54.